The third-order valence-corrected chi connectivity index (χ3v) is 6.01. The monoisotopic (exact) mass is 477 g/mol. The smallest absolute Gasteiger partial charge is 0.244 e. The SMILES string of the molecule is CC[C@@H](C(=O)NC(C)(C)C)N(Cc1ccc(F)cc1)C(=O)CN(c1ccccc1)S(C)(=O)=O. The van der Waals surface area contributed by atoms with Crippen molar-refractivity contribution < 1.29 is 22.4 Å². The van der Waals surface area contributed by atoms with Crippen LogP contribution < -0.4 is 9.62 Å². The predicted octanol–water partition coefficient (Wildman–Crippen LogP) is 3.31. The summed E-state index contributed by atoms with van der Waals surface area (Å²) in [5.74, 6) is -1.29. The van der Waals surface area contributed by atoms with Gasteiger partial charge in [0, 0.05) is 12.1 Å². The van der Waals surface area contributed by atoms with Crippen LogP contribution in [0.25, 0.3) is 0 Å². The summed E-state index contributed by atoms with van der Waals surface area (Å²) in [6.45, 7) is 6.86. The van der Waals surface area contributed by atoms with Gasteiger partial charge in [-0.1, -0.05) is 37.3 Å². The highest BCUT2D eigenvalue weighted by Crippen LogP contribution is 2.19. The van der Waals surface area contributed by atoms with E-state index in [1.165, 1.54) is 29.2 Å². The summed E-state index contributed by atoms with van der Waals surface area (Å²) in [7, 11) is -3.77. The molecule has 0 bridgehead atoms. The number of halogens is 1. The van der Waals surface area contributed by atoms with E-state index in [2.05, 4.69) is 5.32 Å². The molecule has 0 aromatic heterocycles. The van der Waals surface area contributed by atoms with Crippen molar-refractivity contribution in [1.29, 1.82) is 0 Å². The van der Waals surface area contributed by atoms with Gasteiger partial charge in [0.1, 0.15) is 18.4 Å². The minimum Gasteiger partial charge on any atom is -0.350 e. The number of sulfonamides is 1. The molecule has 0 fully saturated rings. The standard InChI is InChI=1S/C24H32FN3O4S/c1-6-21(23(30)26-24(2,3)4)27(16-18-12-14-19(25)15-13-18)22(29)17-28(33(5,31)32)20-10-8-7-9-11-20/h7-15,21H,6,16-17H2,1-5H3,(H,26,30)/t21-/m0/s1. The fourth-order valence-corrected chi connectivity index (χ4v) is 4.22. The first kappa shape index (κ1) is 26.3. The van der Waals surface area contributed by atoms with Crippen molar-refractivity contribution in [2.75, 3.05) is 17.1 Å². The Morgan fingerprint density at radius 2 is 1.61 bits per heavy atom. The molecule has 1 atom stereocenters. The van der Waals surface area contributed by atoms with Crippen LogP contribution in [0.15, 0.2) is 54.6 Å². The van der Waals surface area contributed by atoms with E-state index in [1.54, 1.807) is 37.3 Å². The fourth-order valence-electron chi connectivity index (χ4n) is 3.37. The molecule has 0 saturated carbocycles. The van der Waals surface area contributed by atoms with Crippen LogP contribution in [0, 0.1) is 5.82 Å². The highest BCUT2D eigenvalue weighted by molar-refractivity contribution is 7.92. The number of rotatable bonds is 9. The number of carbonyl (C=O) groups is 2. The van der Waals surface area contributed by atoms with Crippen LogP contribution in [0.5, 0.6) is 0 Å². The maximum Gasteiger partial charge on any atom is 0.244 e. The van der Waals surface area contributed by atoms with E-state index in [0.29, 0.717) is 17.7 Å². The first-order valence-corrected chi connectivity index (χ1v) is 12.6. The van der Waals surface area contributed by atoms with Gasteiger partial charge in [0.25, 0.3) is 0 Å². The summed E-state index contributed by atoms with van der Waals surface area (Å²) in [5.41, 5.74) is 0.456. The van der Waals surface area contributed by atoms with Gasteiger partial charge < -0.3 is 10.2 Å². The van der Waals surface area contributed by atoms with Crippen LogP contribution >= 0.6 is 0 Å². The molecule has 0 aliphatic rings. The maximum atomic E-state index is 13.5. The molecule has 2 aromatic rings. The average Bonchev–Trinajstić information content (AvgIpc) is 2.71. The Morgan fingerprint density at radius 3 is 2.09 bits per heavy atom. The zero-order chi connectivity index (χ0) is 24.8. The van der Waals surface area contributed by atoms with Crippen LogP contribution in [-0.2, 0) is 26.2 Å². The van der Waals surface area contributed by atoms with Gasteiger partial charge in [0.15, 0.2) is 0 Å². The van der Waals surface area contributed by atoms with E-state index >= 15 is 0 Å². The number of nitrogens with zero attached hydrogens (tertiary/aromatic N) is 2. The zero-order valence-corrected chi connectivity index (χ0v) is 20.5. The molecule has 0 heterocycles. The number of hydrogen-bond donors (Lipinski definition) is 1. The number of para-hydroxylation sites is 1. The second-order valence-electron chi connectivity index (χ2n) is 8.92. The Balaban J connectivity index is 2.42. The molecule has 0 spiro atoms. The van der Waals surface area contributed by atoms with Gasteiger partial charge in [-0.15, -0.1) is 0 Å². The van der Waals surface area contributed by atoms with Crippen molar-refractivity contribution in [1.82, 2.24) is 10.2 Å². The van der Waals surface area contributed by atoms with Crippen LogP contribution in [0.3, 0.4) is 0 Å². The van der Waals surface area contributed by atoms with Crippen molar-refractivity contribution >= 4 is 27.5 Å². The molecule has 0 aliphatic carbocycles. The van der Waals surface area contributed by atoms with Gasteiger partial charge in [0.2, 0.25) is 21.8 Å². The first-order valence-electron chi connectivity index (χ1n) is 10.7. The average molecular weight is 478 g/mol. The van der Waals surface area contributed by atoms with E-state index in [4.69, 9.17) is 0 Å². The molecule has 0 unspecified atom stereocenters. The lowest BCUT2D eigenvalue weighted by molar-refractivity contribution is -0.141. The number of benzene rings is 2. The van der Waals surface area contributed by atoms with E-state index in [-0.39, 0.29) is 12.5 Å². The highest BCUT2D eigenvalue weighted by atomic mass is 32.2. The number of carbonyl (C=O) groups excluding carboxylic acids is 2. The van der Waals surface area contributed by atoms with Gasteiger partial charge in [0.05, 0.1) is 11.9 Å². The summed E-state index contributed by atoms with van der Waals surface area (Å²) < 4.78 is 39.4. The van der Waals surface area contributed by atoms with Crippen LogP contribution in [0.4, 0.5) is 10.1 Å². The lowest BCUT2D eigenvalue weighted by Crippen LogP contribution is -2.55. The van der Waals surface area contributed by atoms with Gasteiger partial charge in [-0.2, -0.15) is 0 Å². The number of hydrogen-bond acceptors (Lipinski definition) is 4. The molecular weight excluding hydrogens is 445 g/mol. The van der Waals surface area contributed by atoms with Crippen LogP contribution in [0.2, 0.25) is 0 Å². The van der Waals surface area contributed by atoms with E-state index in [1.807, 2.05) is 20.8 Å². The van der Waals surface area contributed by atoms with Gasteiger partial charge in [-0.05, 0) is 57.0 Å². The van der Waals surface area contributed by atoms with Crippen LogP contribution in [-0.4, -0.2) is 49.5 Å². The summed E-state index contributed by atoms with van der Waals surface area (Å²) in [5, 5.41) is 2.89. The number of anilines is 1. The van der Waals surface area contributed by atoms with Crippen molar-refractivity contribution in [3.8, 4) is 0 Å². The molecule has 2 rings (SSSR count). The number of nitrogens with one attached hydrogen (secondary N) is 1. The topological polar surface area (TPSA) is 86.8 Å². The summed E-state index contributed by atoms with van der Waals surface area (Å²) >= 11 is 0. The van der Waals surface area contributed by atoms with E-state index in [0.717, 1.165) is 10.6 Å². The molecule has 33 heavy (non-hydrogen) atoms. The first-order chi connectivity index (χ1) is 15.3. The quantitative estimate of drug-likeness (QED) is 0.600. The Bertz CT molecular complexity index is 1050. The Hall–Kier alpha value is -2.94. The molecule has 9 heteroatoms. The third kappa shape index (κ3) is 7.85. The zero-order valence-electron chi connectivity index (χ0n) is 19.7. The molecule has 1 N–H and O–H groups in total. The highest BCUT2D eigenvalue weighted by Gasteiger charge is 2.33. The lowest BCUT2D eigenvalue weighted by atomic mass is 10.1. The lowest BCUT2D eigenvalue weighted by Gasteiger charge is -2.34. The number of amides is 2. The Labute approximate surface area is 195 Å². The summed E-state index contributed by atoms with van der Waals surface area (Å²) in [4.78, 5) is 27.9. The summed E-state index contributed by atoms with van der Waals surface area (Å²) in [6, 6.07) is 13.1. The van der Waals surface area contributed by atoms with Crippen molar-refractivity contribution in [3.05, 3.63) is 66.0 Å². The fraction of sp³-hybridized carbons (Fsp3) is 0.417. The molecular formula is C24H32FN3O4S. The molecule has 0 radical (unpaired) electrons. The molecule has 180 valence electrons. The molecule has 7 nitrogen and oxygen atoms in total. The van der Waals surface area contributed by atoms with E-state index in [9.17, 15) is 22.4 Å². The maximum absolute atomic E-state index is 13.5. The largest absolute Gasteiger partial charge is 0.350 e. The van der Waals surface area contributed by atoms with Crippen molar-refractivity contribution in [3.63, 3.8) is 0 Å². The molecule has 0 saturated heterocycles. The van der Waals surface area contributed by atoms with Crippen LogP contribution in [0.1, 0.15) is 39.7 Å². The summed E-state index contributed by atoms with van der Waals surface area (Å²) in [6.07, 6.45) is 1.35. The van der Waals surface area contributed by atoms with Crippen molar-refractivity contribution in [2.24, 2.45) is 0 Å². The molecule has 0 aliphatic heterocycles. The normalized spacial score (nSPS) is 12.7. The van der Waals surface area contributed by atoms with Gasteiger partial charge >= 0.3 is 0 Å². The Kier molecular flexibility index (Phi) is 8.60. The van der Waals surface area contributed by atoms with Gasteiger partial charge in [-0.25, -0.2) is 12.8 Å². The third-order valence-electron chi connectivity index (χ3n) is 4.87. The second-order valence-corrected chi connectivity index (χ2v) is 10.8. The van der Waals surface area contributed by atoms with E-state index < -0.39 is 39.9 Å². The molecule has 2 amide bonds. The van der Waals surface area contributed by atoms with Gasteiger partial charge in [-0.3, -0.25) is 13.9 Å². The minimum atomic E-state index is -3.77. The molecule has 2 aromatic carbocycles. The Morgan fingerprint density at radius 1 is 1.03 bits per heavy atom. The predicted molar refractivity (Wildman–Crippen MR) is 128 cm³/mol. The second kappa shape index (κ2) is 10.8. The minimum absolute atomic E-state index is 0.0293. The van der Waals surface area contributed by atoms with Crippen molar-refractivity contribution in [2.45, 2.75) is 52.2 Å².